The molecule has 2 heterocycles. The highest BCUT2D eigenvalue weighted by atomic mass is 32.2. The number of nitrogens with one attached hydrogen (secondary N) is 1. The van der Waals surface area contributed by atoms with Crippen LogP contribution in [0.2, 0.25) is 0 Å². The van der Waals surface area contributed by atoms with Crippen LogP contribution in [0.3, 0.4) is 0 Å². The predicted molar refractivity (Wildman–Crippen MR) is 89.0 cm³/mol. The Kier molecular flexibility index (Phi) is 3.80. The highest BCUT2D eigenvalue weighted by molar-refractivity contribution is 7.92. The Bertz CT molecular complexity index is 1150. The van der Waals surface area contributed by atoms with Gasteiger partial charge in [-0.3, -0.25) is 5.10 Å². The summed E-state index contributed by atoms with van der Waals surface area (Å²) in [7, 11) is -4.89. The van der Waals surface area contributed by atoms with Crippen LogP contribution in [-0.4, -0.2) is 18.6 Å². The van der Waals surface area contributed by atoms with Gasteiger partial charge < -0.3 is 0 Å². The first kappa shape index (κ1) is 18.4. The summed E-state index contributed by atoms with van der Waals surface area (Å²) < 4.78 is 94.3. The Morgan fingerprint density at radius 3 is 2.29 bits per heavy atom. The van der Waals surface area contributed by atoms with E-state index in [1.807, 2.05) is 0 Å². The number of benzene rings is 2. The van der Waals surface area contributed by atoms with Crippen molar-refractivity contribution >= 4 is 15.7 Å². The molecule has 0 unspecified atom stereocenters. The van der Waals surface area contributed by atoms with Crippen LogP contribution in [-0.2, 0) is 22.2 Å². The van der Waals surface area contributed by atoms with Crippen molar-refractivity contribution in [3.05, 3.63) is 65.9 Å². The van der Waals surface area contributed by atoms with E-state index in [2.05, 4.69) is 10.2 Å². The smallest absolute Gasteiger partial charge is 0.277 e. The highest BCUT2D eigenvalue weighted by Crippen LogP contribution is 2.50. The number of aromatic amines is 1. The summed E-state index contributed by atoms with van der Waals surface area (Å²) in [5.41, 5.74) is -1.91. The van der Waals surface area contributed by atoms with Crippen molar-refractivity contribution in [3.8, 4) is 11.3 Å². The van der Waals surface area contributed by atoms with E-state index in [4.69, 9.17) is 0 Å². The molecule has 28 heavy (non-hydrogen) atoms. The lowest BCUT2D eigenvalue weighted by atomic mass is 10.0. The zero-order chi connectivity index (χ0) is 20.3. The molecule has 0 bridgehead atoms. The molecule has 5 nitrogen and oxygen atoms in total. The predicted octanol–water partition coefficient (Wildman–Crippen LogP) is 4.35. The highest BCUT2D eigenvalue weighted by Gasteiger charge is 2.53. The molecule has 0 radical (unpaired) electrons. The average Bonchev–Trinajstić information content (AvgIpc) is 3.12. The van der Waals surface area contributed by atoms with Gasteiger partial charge >= 0.3 is 12.2 Å². The number of fused-ring (bicyclic) bond motifs is 3. The van der Waals surface area contributed by atoms with E-state index >= 15 is 8.78 Å². The van der Waals surface area contributed by atoms with Crippen molar-refractivity contribution in [3.63, 3.8) is 0 Å². The van der Waals surface area contributed by atoms with Gasteiger partial charge in [0, 0.05) is 5.56 Å². The quantitative estimate of drug-likeness (QED) is 0.500. The molecule has 1 aromatic heterocycles. The molecule has 0 amide bonds. The summed E-state index contributed by atoms with van der Waals surface area (Å²) in [6.45, 7) is 0. The van der Waals surface area contributed by atoms with Crippen LogP contribution >= 0.6 is 0 Å². The maximum atomic E-state index is 15.1. The van der Waals surface area contributed by atoms with Gasteiger partial charge in [0.2, 0.25) is 0 Å². The van der Waals surface area contributed by atoms with E-state index in [1.54, 1.807) is 0 Å². The molecule has 1 aliphatic heterocycles. The summed E-state index contributed by atoms with van der Waals surface area (Å²) >= 11 is 0. The Balaban J connectivity index is 1.90. The summed E-state index contributed by atoms with van der Waals surface area (Å²) in [4.78, 5) is -0.693. The number of H-pyrrole nitrogens is 1. The summed E-state index contributed by atoms with van der Waals surface area (Å²) in [6, 6.07) is 3.92. The third-order valence-corrected chi connectivity index (χ3v) is 6.11. The first-order chi connectivity index (χ1) is 13.0. The van der Waals surface area contributed by atoms with E-state index in [9.17, 15) is 21.6 Å². The van der Waals surface area contributed by atoms with Crippen molar-refractivity contribution in [2.75, 3.05) is 4.31 Å². The monoisotopic (exact) mass is 415 g/mol. The fraction of sp³-hybridized carbons (Fsp3) is 0.118. The lowest BCUT2D eigenvalue weighted by molar-refractivity contribution is -0.137. The lowest BCUT2D eigenvalue weighted by Crippen LogP contribution is -2.46. The van der Waals surface area contributed by atoms with E-state index in [-0.39, 0.29) is 21.2 Å². The molecule has 2 aromatic carbocycles. The molecule has 4 rings (SSSR count). The maximum Gasteiger partial charge on any atom is 0.416 e. The average molecular weight is 415 g/mol. The molecular formula is C17H10F5N3O2S. The third-order valence-electron chi connectivity index (χ3n) is 4.33. The molecule has 0 saturated carbocycles. The molecule has 0 aliphatic carbocycles. The SMILES string of the molecule is O=S(=O)(c1ccc(C(F)(F)F)cc1)N1c2ccccc2-c2[nH]ncc2C1(F)F. The number of anilines is 1. The van der Waals surface area contributed by atoms with Crippen LogP contribution in [0.1, 0.15) is 11.1 Å². The topological polar surface area (TPSA) is 66.1 Å². The summed E-state index contributed by atoms with van der Waals surface area (Å²) in [5.74, 6) is 0. The van der Waals surface area contributed by atoms with Gasteiger partial charge in [0.25, 0.3) is 10.0 Å². The molecule has 146 valence electrons. The minimum atomic E-state index is -4.89. The molecule has 0 spiro atoms. The van der Waals surface area contributed by atoms with Crippen molar-refractivity contribution < 1.29 is 30.4 Å². The molecular weight excluding hydrogens is 405 g/mol. The number of hydrogen-bond donors (Lipinski definition) is 1. The van der Waals surface area contributed by atoms with Crippen molar-refractivity contribution in [1.29, 1.82) is 0 Å². The first-order valence-corrected chi connectivity index (χ1v) is 9.22. The lowest BCUT2D eigenvalue weighted by Gasteiger charge is -2.36. The minimum absolute atomic E-state index is 0.0283. The second-order valence-corrected chi connectivity index (χ2v) is 7.80. The van der Waals surface area contributed by atoms with Gasteiger partial charge in [0.15, 0.2) is 0 Å². The normalized spacial score (nSPS) is 15.8. The first-order valence-electron chi connectivity index (χ1n) is 7.78. The van der Waals surface area contributed by atoms with Crippen LogP contribution in [0.4, 0.5) is 27.6 Å². The standard InChI is InChI=1S/C17H10F5N3O2S/c18-16(19,20)10-5-7-11(8-6-10)28(26,27)25-14-4-2-1-3-12(14)15-13(9-23-24-15)17(25,21)22/h1-9H,(H,23,24). The number of hydrogen-bond acceptors (Lipinski definition) is 3. The minimum Gasteiger partial charge on any atom is -0.277 e. The van der Waals surface area contributed by atoms with Crippen LogP contribution in [0.25, 0.3) is 11.3 Å². The zero-order valence-electron chi connectivity index (χ0n) is 13.7. The number of aromatic nitrogens is 2. The second kappa shape index (κ2) is 5.77. The Morgan fingerprint density at radius 2 is 1.64 bits per heavy atom. The molecule has 0 atom stereocenters. The van der Waals surface area contributed by atoms with Crippen molar-refractivity contribution in [1.82, 2.24) is 10.2 Å². The number of halogens is 5. The number of para-hydroxylation sites is 1. The molecule has 0 saturated heterocycles. The van der Waals surface area contributed by atoms with E-state index in [1.165, 1.54) is 24.3 Å². The molecule has 1 aliphatic rings. The largest absolute Gasteiger partial charge is 0.416 e. The van der Waals surface area contributed by atoms with Crippen LogP contribution in [0.15, 0.2) is 59.6 Å². The summed E-state index contributed by atoms with van der Waals surface area (Å²) in [6.07, 6.45) is -3.86. The fourth-order valence-corrected chi connectivity index (χ4v) is 4.55. The number of rotatable bonds is 2. The van der Waals surface area contributed by atoms with Gasteiger partial charge in [-0.15, -0.1) is 0 Å². The van der Waals surface area contributed by atoms with Gasteiger partial charge in [-0.1, -0.05) is 18.2 Å². The summed E-state index contributed by atoms with van der Waals surface area (Å²) in [5, 5.41) is 6.00. The third kappa shape index (κ3) is 2.57. The van der Waals surface area contributed by atoms with Crippen LogP contribution in [0, 0.1) is 0 Å². The Hall–Kier alpha value is -2.95. The van der Waals surface area contributed by atoms with Crippen LogP contribution < -0.4 is 4.31 Å². The van der Waals surface area contributed by atoms with E-state index in [0.29, 0.717) is 24.3 Å². The van der Waals surface area contributed by atoms with Gasteiger partial charge in [-0.25, -0.2) is 8.42 Å². The maximum absolute atomic E-state index is 15.1. The van der Waals surface area contributed by atoms with E-state index < -0.39 is 38.3 Å². The van der Waals surface area contributed by atoms with Crippen molar-refractivity contribution in [2.45, 2.75) is 17.1 Å². The van der Waals surface area contributed by atoms with Gasteiger partial charge in [0.1, 0.15) is 0 Å². The fourth-order valence-electron chi connectivity index (χ4n) is 3.04. The molecule has 1 N–H and O–H groups in total. The Labute approximate surface area is 155 Å². The Morgan fingerprint density at radius 1 is 1.00 bits per heavy atom. The zero-order valence-corrected chi connectivity index (χ0v) is 14.5. The number of nitrogens with zero attached hydrogens (tertiary/aromatic N) is 2. The molecule has 3 aromatic rings. The molecule has 11 heteroatoms. The van der Waals surface area contributed by atoms with E-state index in [0.717, 1.165) is 6.20 Å². The van der Waals surface area contributed by atoms with Crippen LogP contribution in [0.5, 0.6) is 0 Å². The van der Waals surface area contributed by atoms with Crippen molar-refractivity contribution in [2.24, 2.45) is 0 Å². The molecule has 0 fully saturated rings. The second-order valence-electron chi connectivity index (χ2n) is 6.01. The number of sulfonamides is 1. The number of alkyl halides is 5. The van der Waals surface area contributed by atoms with Gasteiger partial charge in [-0.2, -0.15) is 31.4 Å². The van der Waals surface area contributed by atoms with Gasteiger partial charge in [-0.05, 0) is 30.3 Å². The van der Waals surface area contributed by atoms with Gasteiger partial charge in [0.05, 0.1) is 33.6 Å².